The number of nitrogens with zero attached hydrogens (tertiary/aromatic N) is 2. The highest BCUT2D eigenvalue weighted by Crippen LogP contribution is 2.25. The van der Waals surface area contributed by atoms with Crippen molar-refractivity contribution in [2.24, 2.45) is 0 Å². The molecule has 1 N–H and O–H groups in total. The van der Waals surface area contributed by atoms with Crippen molar-refractivity contribution in [3.63, 3.8) is 0 Å². The molecule has 0 spiro atoms. The molecule has 0 saturated heterocycles. The van der Waals surface area contributed by atoms with Gasteiger partial charge in [0.2, 0.25) is 21.8 Å². The van der Waals surface area contributed by atoms with Crippen molar-refractivity contribution in [2.45, 2.75) is 59.7 Å². The average Bonchev–Trinajstić information content (AvgIpc) is 2.70. The third-order valence-corrected chi connectivity index (χ3v) is 6.77. The lowest BCUT2D eigenvalue weighted by molar-refractivity contribution is -0.140. The molecule has 186 valence electrons. The highest BCUT2D eigenvalue weighted by molar-refractivity contribution is 7.92. The highest BCUT2D eigenvalue weighted by Gasteiger charge is 2.32. The van der Waals surface area contributed by atoms with Crippen LogP contribution in [-0.2, 0) is 26.2 Å². The molecular weight excluding hydrogens is 474 g/mol. The number of anilines is 1. The van der Waals surface area contributed by atoms with Gasteiger partial charge in [0.05, 0.1) is 11.9 Å². The number of hydrogen-bond donors (Lipinski definition) is 1. The number of nitrogens with one attached hydrogen (secondary N) is 1. The van der Waals surface area contributed by atoms with Crippen LogP contribution >= 0.6 is 11.6 Å². The third-order valence-electron chi connectivity index (χ3n) is 5.28. The third kappa shape index (κ3) is 7.46. The van der Waals surface area contributed by atoms with Crippen LogP contribution in [0.25, 0.3) is 0 Å². The Labute approximate surface area is 208 Å². The summed E-state index contributed by atoms with van der Waals surface area (Å²) in [5.41, 5.74) is 2.18. The second-order valence-corrected chi connectivity index (χ2v) is 11.9. The van der Waals surface area contributed by atoms with Gasteiger partial charge in [0, 0.05) is 17.1 Å². The number of amides is 2. The summed E-state index contributed by atoms with van der Waals surface area (Å²) in [5.74, 6) is -0.853. The van der Waals surface area contributed by atoms with E-state index in [0.717, 1.165) is 21.7 Å². The van der Waals surface area contributed by atoms with Crippen LogP contribution < -0.4 is 9.62 Å². The van der Waals surface area contributed by atoms with Gasteiger partial charge in [0.1, 0.15) is 12.6 Å². The predicted molar refractivity (Wildman–Crippen MR) is 137 cm³/mol. The van der Waals surface area contributed by atoms with Crippen molar-refractivity contribution in [1.82, 2.24) is 10.2 Å². The predicted octanol–water partition coefficient (Wildman–Crippen LogP) is 4.05. The Morgan fingerprint density at radius 1 is 1.09 bits per heavy atom. The molecule has 0 aliphatic rings. The number of rotatable bonds is 8. The monoisotopic (exact) mass is 507 g/mol. The van der Waals surface area contributed by atoms with Crippen LogP contribution in [0.4, 0.5) is 5.69 Å². The molecule has 34 heavy (non-hydrogen) atoms. The molecule has 0 heterocycles. The van der Waals surface area contributed by atoms with Gasteiger partial charge in [-0.15, -0.1) is 0 Å². The van der Waals surface area contributed by atoms with Crippen LogP contribution in [0.1, 0.15) is 44.4 Å². The van der Waals surface area contributed by atoms with Gasteiger partial charge in [-0.3, -0.25) is 13.9 Å². The van der Waals surface area contributed by atoms with Crippen LogP contribution in [0.5, 0.6) is 0 Å². The number of carbonyl (C=O) groups is 2. The maximum Gasteiger partial charge on any atom is 0.244 e. The molecule has 0 radical (unpaired) electrons. The molecule has 0 aliphatic heterocycles. The summed E-state index contributed by atoms with van der Waals surface area (Å²) in [6.07, 6.45) is 1.07. The lowest BCUT2D eigenvalue weighted by Gasteiger charge is -2.33. The molecule has 0 bridgehead atoms. The number of hydrogen-bond acceptors (Lipinski definition) is 4. The first-order valence-electron chi connectivity index (χ1n) is 11.0. The van der Waals surface area contributed by atoms with Gasteiger partial charge in [0.25, 0.3) is 0 Å². The summed E-state index contributed by atoms with van der Waals surface area (Å²) in [6, 6.07) is 11.6. The number of carbonyl (C=O) groups excluding carboxylic acids is 2. The van der Waals surface area contributed by atoms with E-state index in [-0.39, 0.29) is 12.5 Å². The van der Waals surface area contributed by atoms with Crippen LogP contribution in [0, 0.1) is 13.8 Å². The summed E-state index contributed by atoms with van der Waals surface area (Å²) in [6.45, 7) is 10.4. The molecule has 7 nitrogen and oxygen atoms in total. The van der Waals surface area contributed by atoms with Gasteiger partial charge in [0.15, 0.2) is 0 Å². The van der Waals surface area contributed by atoms with E-state index in [1.54, 1.807) is 44.2 Å². The molecule has 9 heteroatoms. The van der Waals surface area contributed by atoms with Crippen molar-refractivity contribution >= 4 is 39.1 Å². The molecular formula is C25H34ClN3O4S. The minimum absolute atomic E-state index is 0.0572. The molecule has 2 rings (SSSR count). The molecule has 2 aromatic carbocycles. The molecule has 0 unspecified atom stereocenters. The van der Waals surface area contributed by atoms with Gasteiger partial charge in [-0.05, 0) is 70.4 Å². The van der Waals surface area contributed by atoms with E-state index < -0.39 is 34.1 Å². The van der Waals surface area contributed by atoms with E-state index in [1.165, 1.54) is 4.90 Å². The quantitative estimate of drug-likeness (QED) is 0.583. The zero-order chi connectivity index (χ0) is 25.8. The maximum atomic E-state index is 13.6. The Morgan fingerprint density at radius 3 is 2.26 bits per heavy atom. The summed E-state index contributed by atoms with van der Waals surface area (Å²) in [4.78, 5) is 27.9. The second kappa shape index (κ2) is 10.8. The van der Waals surface area contributed by atoms with Crippen LogP contribution in [-0.4, -0.2) is 49.5 Å². The van der Waals surface area contributed by atoms with Crippen molar-refractivity contribution in [3.05, 3.63) is 64.2 Å². The van der Waals surface area contributed by atoms with Crippen LogP contribution in [0.15, 0.2) is 42.5 Å². The maximum absolute atomic E-state index is 13.6. The SMILES string of the molecule is Cc1ccc(C)c(N(CC(=O)N(Cc2ccccc2Cl)[C@H](C)C(=O)NC(C)(C)C)S(C)(=O)=O)c1. The zero-order valence-corrected chi connectivity index (χ0v) is 22.4. The zero-order valence-electron chi connectivity index (χ0n) is 20.8. The first-order valence-corrected chi connectivity index (χ1v) is 13.2. The Bertz CT molecular complexity index is 1160. The van der Waals surface area contributed by atoms with Crippen molar-refractivity contribution < 1.29 is 18.0 Å². The van der Waals surface area contributed by atoms with Gasteiger partial charge in [-0.2, -0.15) is 0 Å². The van der Waals surface area contributed by atoms with E-state index in [9.17, 15) is 18.0 Å². The largest absolute Gasteiger partial charge is 0.350 e. The topological polar surface area (TPSA) is 86.8 Å². The lowest BCUT2D eigenvalue weighted by Crippen LogP contribution is -2.54. The van der Waals surface area contributed by atoms with Gasteiger partial charge in [-0.1, -0.05) is 41.9 Å². The van der Waals surface area contributed by atoms with E-state index >= 15 is 0 Å². The fraction of sp³-hybridized carbons (Fsp3) is 0.440. The molecule has 0 aliphatic carbocycles. The summed E-state index contributed by atoms with van der Waals surface area (Å²) in [7, 11) is -3.78. The number of halogens is 1. The molecule has 2 amide bonds. The molecule has 0 saturated carbocycles. The fourth-order valence-electron chi connectivity index (χ4n) is 3.45. The van der Waals surface area contributed by atoms with E-state index in [4.69, 9.17) is 11.6 Å². The highest BCUT2D eigenvalue weighted by atomic mass is 35.5. The smallest absolute Gasteiger partial charge is 0.244 e. The standard InChI is InChI=1S/C25H34ClN3O4S/c1-17-12-13-18(2)22(14-17)29(34(7,32)33)16-23(30)28(15-20-10-8-9-11-21(20)26)19(3)24(31)27-25(4,5)6/h8-14,19H,15-16H2,1-7H3,(H,27,31)/t19-/m1/s1. The van der Waals surface area contributed by atoms with Crippen molar-refractivity contribution in [1.29, 1.82) is 0 Å². The van der Waals surface area contributed by atoms with Crippen LogP contribution in [0.2, 0.25) is 5.02 Å². The van der Waals surface area contributed by atoms with Crippen LogP contribution in [0.3, 0.4) is 0 Å². The Morgan fingerprint density at radius 2 is 1.71 bits per heavy atom. The van der Waals surface area contributed by atoms with Gasteiger partial charge < -0.3 is 10.2 Å². The fourth-order valence-corrected chi connectivity index (χ4v) is 4.54. The van der Waals surface area contributed by atoms with Crippen molar-refractivity contribution in [3.8, 4) is 0 Å². The lowest BCUT2D eigenvalue weighted by atomic mass is 10.1. The summed E-state index contributed by atoms with van der Waals surface area (Å²) >= 11 is 6.33. The van der Waals surface area contributed by atoms with E-state index in [1.807, 2.05) is 39.8 Å². The van der Waals surface area contributed by atoms with E-state index in [0.29, 0.717) is 16.3 Å². The first kappa shape index (κ1) is 27.7. The van der Waals surface area contributed by atoms with E-state index in [2.05, 4.69) is 5.32 Å². The van der Waals surface area contributed by atoms with Gasteiger partial charge >= 0.3 is 0 Å². The summed E-state index contributed by atoms with van der Waals surface area (Å²) in [5, 5.41) is 3.35. The Kier molecular flexibility index (Phi) is 8.77. The molecule has 2 aromatic rings. The molecule has 0 fully saturated rings. The molecule has 0 aromatic heterocycles. The minimum atomic E-state index is -3.78. The second-order valence-electron chi connectivity index (χ2n) is 9.59. The Balaban J connectivity index is 2.47. The number of aryl methyl sites for hydroxylation is 2. The molecule has 1 atom stereocenters. The van der Waals surface area contributed by atoms with Gasteiger partial charge in [-0.25, -0.2) is 8.42 Å². The Hall–Kier alpha value is -2.58. The minimum Gasteiger partial charge on any atom is -0.350 e. The number of sulfonamides is 1. The first-order chi connectivity index (χ1) is 15.6. The number of benzene rings is 2. The normalized spacial score (nSPS) is 12.7. The average molecular weight is 508 g/mol. The summed E-state index contributed by atoms with van der Waals surface area (Å²) < 4.78 is 26.5. The van der Waals surface area contributed by atoms with Crippen molar-refractivity contribution in [2.75, 3.05) is 17.1 Å².